The Hall–Kier alpha value is -0.700. The van der Waals surface area contributed by atoms with E-state index < -0.39 is 15.6 Å². The number of nitrogens with two attached hydrogens (primary N) is 1. The van der Waals surface area contributed by atoms with Crippen LogP contribution in [0.1, 0.15) is 26.7 Å². The van der Waals surface area contributed by atoms with Gasteiger partial charge in [-0.25, -0.2) is 18.5 Å². The number of nitrogens with zero attached hydrogens (tertiary/aromatic N) is 2. The average molecular weight is 291 g/mol. The number of sulfonamides is 1. The van der Waals surface area contributed by atoms with E-state index in [2.05, 4.69) is 4.98 Å². The van der Waals surface area contributed by atoms with Crippen LogP contribution in [0, 0.1) is 0 Å². The van der Waals surface area contributed by atoms with Crippen molar-refractivity contribution in [3.63, 3.8) is 0 Å². The van der Waals surface area contributed by atoms with Crippen LogP contribution in [0.25, 0.3) is 0 Å². The van der Waals surface area contributed by atoms with Gasteiger partial charge in [0.15, 0.2) is 9.34 Å². The lowest BCUT2D eigenvalue weighted by molar-refractivity contribution is 0.0535. The van der Waals surface area contributed by atoms with Gasteiger partial charge in [-0.3, -0.25) is 0 Å². The molecule has 1 aliphatic rings. The molecule has 6 nitrogen and oxygen atoms in total. The van der Waals surface area contributed by atoms with Gasteiger partial charge in [-0.15, -0.1) is 0 Å². The maximum Gasteiger partial charge on any atom is 0.249 e. The number of anilines is 1. The Morgan fingerprint density at radius 3 is 2.78 bits per heavy atom. The van der Waals surface area contributed by atoms with Crippen LogP contribution in [0.2, 0.25) is 0 Å². The van der Waals surface area contributed by atoms with Crippen molar-refractivity contribution >= 4 is 26.5 Å². The Labute approximate surface area is 110 Å². The van der Waals surface area contributed by atoms with Gasteiger partial charge in [0.2, 0.25) is 10.0 Å². The van der Waals surface area contributed by atoms with Crippen molar-refractivity contribution in [1.82, 2.24) is 4.98 Å². The number of hydrogen-bond donors (Lipinski definition) is 2. The van der Waals surface area contributed by atoms with Crippen molar-refractivity contribution in [2.24, 2.45) is 5.14 Å². The van der Waals surface area contributed by atoms with Crippen LogP contribution in [0.15, 0.2) is 10.4 Å². The second kappa shape index (κ2) is 4.44. The largest absolute Gasteiger partial charge is 0.388 e. The van der Waals surface area contributed by atoms with Gasteiger partial charge in [0.1, 0.15) is 0 Å². The summed E-state index contributed by atoms with van der Waals surface area (Å²) >= 11 is 1.05. The van der Waals surface area contributed by atoms with Crippen molar-refractivity contribution in [2.45, 2.75) is 42.5 Å². The molecule has 0 amide bonds. The van der Waals surface area contributed by atoms with Crippen LogP contribution >= 0.6 is 11.3 Å². The zero-order valence-corrected chi connectivity index (χ0v) is 12.0. The molecule has 2 rings (SSSR count). The fourth-order valence-corrected chi connectivity index (χ4v) is 3.86. The Morgan fingerprint density at radius 2 is 2.28 bits per heavy atom. The molecule has 1 fully saturated rings. The first-order chi connectivity index (χ1) is 8.19. The number of hydrogen-bond acceptors (Lipinski definition) is 6. The van der Waals surface area contributed by atoms with E-state index in [-0.39, 0.29) is 10.3 Å². The van der Waals surface area contributed by atoms with E-state index in [0.717, 1.165) is 30.7 Å². The summed E-state index contributed by atoms with van der Waals surface area (Å²) in [6.45, 7) is 4.28. The van der Waals surface area contributed by atoms with Gasteiger partial charge in [-0.2, -0.15) is 0 Å². The molecule has 0 aromatic carbocycles. The van der Waals surface area contributed by atoms with Crippen molar-refractivity contribution < 1.29 is 13.5 Å². The summed E-state index contributed by atoms with van der Waals surface area (Å²) in [6, 6.07) is -0.0445. The van der Waals surface area contributed by atoms with Crippen LogP contribution in [-0.4, -0.2) is 36.7 Å². The van der Waals surface area contributed by atoms with Gasteiger partial charge >= 0.3 is 0 Å². The highest BCUT2D eigenvalue weighted by atomic mass is 32.2. The predicted molar refractivity (Wildman–Crippen MR) is 70.2 cm³/mol. The molecule has 1 unspecified atom stereocenters. The number of thiazole rings is 1. The van der Waals surface area contributed by atoms with Gasteiger partial charge in [-0.05, 0) is 26.7 Å². The van der Waals surface area contributed by atoms with E-state index >= 15 is 0 Å². The Kier molecular flexibility index (Phi) is 3.39. The molecule has 2 heterocycles. The van der Waals surface area contributed by atoms with Crippen molar-refractivity contribution in [3.05, 3.63) is 6.20 Å². The number of aliphatic hydroxyl groups is 1. The van der Waals surface area contributed by atoms with E-state index in [1.54, 1.807) is 13.8 Å². The molecule has 1 aromatic rings. The molecule has 1 atom stereocenters. The van der Waals surface area contributed by atoms with Crippen LogP contribution < -0.4 is 10.0 Å². The van der Waals surface area contributed by atoms with Crippen molar-refractivity contribution in [1.29, 1.82) is 0 Å². The van der Waals surface area contributed by atoms with E-state index in [0.29, 0.717) is 5.13 Å². The summed E-state index contributed by atoms with van der Waals surface area (Å²) in [5.74, 6) is 0. The first-order valence-corrected chi connectivity index (χ1v) is 8.03. The topological polar surface area (TPSA) is 96.5 Å². The Morgan fingerprint density at radius 1 is 1.61 bits per heavy atom. The second-order valence-corrected chi connectivity index (χ2v) is 7.81. The molecule has 8 heteroatoms. The van der Waals surface area contributed by atoms with Gasteiger partial charge in [0.05, 0.1) is 17.8 Å². The Balaban J connectivity index is 2.29. The summed E-state index contributed by atoms with van der Waals surface area (Å²) in [7, 11) is -3.70. The van der Waals surface area contributed by atoms with Gasteiger partial charge in [0, 0.05) is 6.54 Å². The van der Waals surface area contributed by atoms with Gasteiger partial charge in [0.25, 0.3) is 0 Å². The normalized spacial score (nSPS) is 21.6. The van der Waals surface area contributed by atoms with Gasteiger partial charge in [-0.1, -0.05) is 11.3 Å². The highest BCUT2D eigenvalue weighted by Crippen LogP contribution is 2.34. The minimum atomic E-state index is -3.70. The molecular weight excluding hydrogens is 274 g/mol. The molecular formula is C10H17N3O3S2. The maximum atomic E-state index is 11.2. The summed E-state index contributed by atoms with van der Waals surface area (Å²) < 4.78 is 22.5. The van der Waals surface area contributed by atoms with Crippen molar-refractivity contribution in [3.8, 4) is 0 Å². The average Bonchev–Trinajstić information content (AvgIpc) is 2.84. The Bertz CT molecular complexity index is 533. The van der Waals surface area contributed by atoms with E-state index in [4.69, 9.17) is 5.14 Å². The molecule has 1 aliphatic heterocycles. The minimum absolute atomic E-state index is 0.0445. The third kappa shape index (κ3) is 2.66. The van der Waals surface area contributed by atoms with Crippen LogP contribution in [0.3, 0.4) is 0 Å². The highest BCUT2D eigenvalue weighted by Gasteiger charge is 2.37. The smallest absolute Gasteiger partial charge is 0.249 e. The molecule has 0 aliphatic carbocycles. The molecule has 1 saturated heterocycles. The zero-order valence-electron chi connectivity index (χ0n) is 10.3. The summed E-state index contributed by atoms with van der Waals surface area (Å²) in [5, 5.41) is 15.8. The monoisotopic (exact) mass is 291 g/mol. The molecule has 102 valence electrons. The van der Waals surface area contributed by atoms with Crippen LogP contribution in [0.5, 0.6) is 0 Å². The molecule has 3 N–H and O–H groups in total. The fraction of sp³-hybridized carbons (Fsp3) is 0.700. The highest BCUT2D eigenvalue weighted by molar-refractivity contribution is 7.91. The minimum Gasteiger partial charge on any atom is -0.388 e. The predicted octanol–water partition coefficient (Wildman–Crippen LogP) is 0.530. The molecule has 0 bridgehead atoms. The third-order valence-corrected chi connectivity index (χ3v) is 5.51. The standard InChI is InChI=1S/C10H17N3O3S2/c1-10(2,14)7-4-3-5-13(7)9-12-6-8(17-9)18(11,15)16/h6-7,14H,3-5H2,1-2H3,(H2,11,15,16). The second-order valence-electron chi connectivity index (χ2n) is 5.01. The van der Waals surface area contributed by atoms with Crippen LogP contribution in [-0.2, 0) is 10.0 Å². The first kappa shape index (κ1) is 13.7. The maximum absolute atomic E-state index is 11.2. The number of primary sulfonamides is 1. The lowest BCUT2D eigenvalue weighted by Gasteiger charge is -2.33. The van der Waals surface area contributed by atoms with E-state index in [1.807, 2.05) is 4.90 Å². The summed E-state index contributed by atoms with van der Waals surface area (Å²) in [4.78, 5) is 6.06. The third-order valence-electron chi connectivity index (χ3n) is 3.07. The molecule has 1 aromatic heterocycles. The zero-order chi connectivity index (χ0) is 13.6. The SMILES string of the molecule is CC(C)(O)C1CCCN1c1ncc(S(N)(=O)=O)s1. The number of rotatable bonds is 3. The molecule has 18 heavy (non-hydrogen) atoms. The summed E-state index contributed by atoms with van der Waals surface area (Å²) in [6.07, 6.45) is 3.10. The number of aromatic nitrogens is 1. The van der Waals surface area contributed by atoms with E-state index in [9.17, 15) is 13.5 Å². The molecule has 0 saturated carbocycles. The first-order valence-electron chi connectivity index (χ1n) is 5.67. The lowest BCUT2D eigenvalue weighted by atomic mass is 9.97. The van der Waals surface area contributed by atoms with Gasteiger partial charge < -0.3 is 10.0 Å². The lowest BCUT2D eigenvalue weighted by Crippen LogP contribution is -2.45. The fourth-order valence-electron chi connectivity index (χ4n) is 2.25. The molecule has 0 spiro atoms. The summed E-state index contributed by atoms with van der Waals surface area (Å²) in [5.41, 5.74) is -0.843. The van der Waals surface area contributed by atoms with Crippen LogP contribution in [0.4, 0.5) is 5.13 Å². The van der Waals surface area contributed by atoms with E-state index in [1.165, 1.54) is 6.20 Å². The molecule has 0 radical (unpaired) electrons. The van der Waals surface area contributed by atoms with Crippen molar-refractivity contribution in [2.75, 3.05) is 11.4 Å². The quantitative estimate of drug-likeness (QED) is 0.847.